The maximum absolute atomic E-state index is 13.7. The van der Waals surface area contributed by atoms with Crippen molar-refractivity contribution in [1.82, 2.24) is 4.31 Å². The zero-order valence-corrected chi connectivity index (χ0v) is 12.9. The second-order valence-electron chi connectivity index (χ2n) is 5.25. The quantitative estimate of drug-likeness (QED) is 0.862. The molecular formula is C15H19FN2O2S. The second kappa shape index (κ2) is 6.54. The molecule has 1 fully saturated rings. The van der Waals surface area contributed by atoms with Crippen molar-refractivity contribution in [1.29, 1.82) is 5.26 Å². The molecule has 1 saturated heterocycles. The van der Waals surface area contributed by atoms with Crippen molar-refractivity contribution in [3.63, 3.8) is 0 Å². The van der Waals surface area contributed by atoms with Gasteiger partial charge >= 0.3 is 0 Å². The Morgan fingerprint density at radius 3 is 2.81 bits per heavy atom. The summed E-state index contributed by atoms with van der Waals surface area (Å²) < 4.78 is 40.9. The predicted molar refractivity (Wildman–Crippen MR) is 77.6 cm³/mol. The Hall–Kier alpha value is -1.45. The predicted octanol–water partition coefficient (Wildman–Crippen LogP) is 3.04. The third-order valence-corrected chi connectivity index (χ3v) is 5.96. The lowest BCUT2D eigenvalue weighted by molar-refractivity contribution is 0.315. The molecule has 114 valence electrons. The molecule has 1 atom stereocenters. The third-order valence-electron chi connectivity index (χ3n) is 3.97. The first kappa shape index (κ1) is 15.9. The molecule has 0 aromatic heterocycles. The van der Waals surface area contributed by atoms with Gasteiger partial charge in [0.15, 0.2) is 0 Å². The number of hydrogen-bond donors (Lipinski definition) is 0. The Labute approximate surface area is 125 Å². The van der Waals surface area contributed by atoms with E-state index >= 15 is 0 Å². The molecule has 2 rings (SSSR count). The van der Waals surface area contributed by atoms with Crippen molar-refractivity contribution in [3.8, 4) is 6.07 Å². The molecule has 0 N–H and O–H groups in total. The van der Waals surface area contributed by atoms with Crippen molar-refractivity contribution in [2.45, 2.75) is 50.0 Å². The van der Waals surface area contributed by atoms with Gasteiger partial charge in [-0.05, 0) is 31.4 Å². The first-order chi connectivity index (χ1) is 10.0. The number of hydrogen-bond acceptors (Lipinski definition) is 3. The summed E-state index contributed by atoms with van der Waals surface area (Å²) >= 11 is 0. The second-order valence-corrected chi connectivity index (χ2v) is 7.11. The molecule has 0 radical (unpaired) electrons. The average molecular weight is 310 g/mol. The molecule has 4 nitrogen and oxygen atoms in total. The number of benzene rings is 1. The van der Waals surface area contributed by atoms with Crippen molar-refractivity contribution < 1.29 is 12.8 Å². The lowest BCUT2D eigenvalue weighted by Gasteiger charge is -2.28. The summed E-state index contributed by atoms with van der Waals surface area (Å²) in [7, 11) is -3.84. The van der Waals surface area contributed by atoms with Crippen LogP contribution in [0, 0.1) is 17.1 Å². The number of rotatable bonds is 3. The number of nitriles is 1. The van der Waals surface area contributed by atoms with Crippen LogP contribution in [0.1, 0.15) is 44.6 Å². The molecule has 6 heteroatoms. The third kappa shape index (κ3) is 3.09. The highest BCUT2D eigenvalue weighted by Gasteiger charge is 2.33. The Bertz CT molecular complexity index is 652. The zero-order valence-electron chi connectivity index (χ0n) is 12.0. The van der Waals surface area contributed by atoms with Gasteiger partial charge in [-0.25, -0.2) is 12.8 Å². The van der Waals surface area contributed by atoms with Crippen molar-refractivity contribution >= 4 is 10.0 Å². The zero-order chi connectivity index (χ0) is 15.5. The highest BCUT2D eigenvalue weighted by atomic mass is 32.2. The number of nitrogens with zero attached hydrogens (tertiary/aromatic N) is 2. The molecule has 0 amide bonds. The first-order valence-electron chi connectivity index (χ1n) is 7.22. The van der Waals surface area contributed by atoms with E-state index in [0.717, 1.165) is 38.2 Å². The molecule has 1 aliphatic heterocycles. The Morgan fingerprint density at radius 1 is 1.38 bits per heavy atom. The van der Waals surface area contributed by atoms with Gasteiger partial charge in [0.05, 0.1) is 0 Å². The van der Waals surface area contributed by atoms with Crippen LogP contribution in [0.15, 0.2) is 23.1 Å². The monoisotopic (exact) mass is 310 g/mol. The fourth-order valence-corrected chi connectivity index (χ4v) is 4.75. The topological polar surface area (TPSA) is 61.2 Å². The van der Waals surface area contributed by atoms with Gasteiger partial charge in [0.25, 0.3) is 0 Å². The number of sulfonamides is 1. The minimum absolute atomic E-state index is 0.0766. The Kier molecular flexibility index (Phi) is 4.96. The van der Waals surface area contributed by atoms with E-state index < -0.39 is 21.4 Å². The molecule has 0 saturated carbocycles. The summed E-state index contributed by atoms with van der Waals surface area (Å²) in [4.78, 5) is -0.217. The Balaban J connectivity index is 2.50. The van der Waals surface area contributed by atoms with E-state index in [4.69, 9.17) is 5.26 Å². The molecule has 0 spiro atoms. The van der Waals surface area contributed by atoms with Crippen molar-refractivity contribution in [2.75, 3.05) is 6.54 Å². The molecular weight excluding hydrogens is 291 g/mol. The molecule has 1 aromatic carbocycles. The SMILES string of the molecule is CCC1CCCCCN1S(=O)(=O)c1cccc(F)c1C#N. The van der Waals surface area contributed by atoms with E-state index in [1.807, 2.05) is 6.92 Å². The summed E-state index contributed by atoms with van der Waals surface area (Å²) in [6, 6.07) is 5.36. The van der Waals surface area contributed by atoms with Crippen LogP contribution in [0.25, 0.3) is 0 Å². The molecule has 21 heavy (non-hydrogen) atoms. The van der Waals surface area contributed by atoms with E-state index in [9.17, 15) is 12.8 Å². The van der Waals surface area contributed by atoms with E-state index in [-0.39, 0.29) is 10.9 Å². The van der Waals surface area contributed by atoms with Gasteiger partial charge in [0.1, 0.15) is 22.3 Å². The summed E-state index contributed by atoms with van der Waals surface area (Å²) in [6.07, 6.45) is 4.33. The average Bonchev–Trinajstić information content (AvgIpc) is 2.72. The standard InChI is InChI=1S/C15H19FN2O2S/c1-2-12-7-4-3-5-10-18(12)21(19,20)15-9-6-8-14(16)13(15)11-17/h6,8-9,12H,2-5,7,10H2,1H3. The molecule has 1 unspecified atom stereocenters. The smallest absolute Gasteiger partial charge is 0.207 e. The molecule has 0 aliphatic carbocycles. The van der Waals surface area contributed by atoms with Gasteiger partial charge in [-0.3, -0.25) is 0 Å². The van der Waals surface area contributed by atoms with Crippen molar-refractivity contribution in [2.24, 2.45) is 0 Å². The maximum atomic E-state index is 13.7. The van der Waals surface area contributed by atoms with E-state index in [0.29, 0.717) is 6.54 Å². The van der Waals surface area contributed by atoms with Crippen LogP contribution in [0.3, 0.4) is 0 Å². The lowest BCUT2D eigenvalue weighted by Crippen LogP contribution is -2.40. The number of halogens is 1. The van der Waals surface area contributed by atoms with Crippen LogP contribution >= 0.6 is 0 Å². The molecule has 1 aromatic rings. The summed E-state index contributed by atoms with van der Waals surface area (Å²) in [5.41, 5.74) is -0.392. The van der Waals surface area contributed by atoms with Gasteiger partial charge in [-0.2, -0.15) is 9.57 Å². The largest absolute Gasteiger partial charge is 0.244 e. The normalized spacial score (nSPS) is 20.7. The minimum atomic E-state index is -3.84. The molecule has 1 aliphatic rings. The summed E-state index contributed by atoms with van der Waals surface area (Å²) in [6.45, 7) is 2.39. The van der Waals surface area contributed by atoms with Crippen LogP contribution in [-0.2, 0) is 10.0 Å². The minimum Gasteiger partial charge on any atom is -0.207 e. The van der Waals surface area contributed by atoms with Crippen LogP contribution < -0.4 is 0 Å². The van der Waals surface area contributed by atoms with Crippen LogP contribution in [0.2, 0.25) is 0 Å². The van der Waals surface area contributed by atoms with Crippen LogP contribution in [-0.4, -0.2) is 25.3 Å². The van der Waals surface area contributed by atoms with E-state index in [1.54, 1.807) is 6.07 Å². The first-order valence-corrected chi connectivity index (χ1v) is 8.66. The highest BCUT2D eigenvalue weighted by molar-refractivity contribution is 7.89. The Morgan fingerprint density at radius 2 is 2.14 bits per heavy atom. The summed E-state index contributed by atoms with van der Waals surface area (Å²) in [5, 5.41) is 9.07. The van der Waals surface area contributed by atoms with Crippen LogP contribution in [0.4, 0.5) is 4.39 Å². The fraction of sp³-hybridized carbons (Fsp3) is 0.533. The van der Waals surface area contributed by atoms with Gasteiger partial charge < -0.3 is 0 Å². The van der Waals surface area contributed by atoms with Crippen LogP contribution in [0.5, 0.6) is 0 Å². The van der Waals surface area contributed by atoms with Gasteiger partial charge in [-0.15, -0.1) is 0 Å². The van der Waals surface area contributed by atoms with Gasteiger partial charge in [0.2, 0.25) is 10.0 Å². The van der Waals surface area contributed by atoms with E-state index in [1.165, 1.54) is 16.4 Å². The van der Waals surface area contributed by atoms with Gasteiger partial charge in [0, 0.05) is 12.6 Å². The maximum Gasteiger partial charge on any atom is 0.244 e. The molecule has 1 heterocycles. The summed E-state index contributed by atoms with van der Waals surface area (Å²) in [5.74, 6) is -0.790. The molecule has 0 bridgehead atoms. The highest BCUT2D eigenvalue weighted by Crippen LogP contribution is 2.28. The van der Waals surface area contributed by atoms with Gasteiger partial charge in [-0.1, -0.05) is 25.8 Å². The van der Waals surface area contributed by atoms with E-state index in [2.05, 4.69) is 0 Å². The fourth-order valence-electron chi connectivity index (χ4n) is 2.83. The lowest BCUT2D eigenvalue weighted by atomic mass is 10.1. The van der Waals surface area contributed by atoms with Crippen molar-refractivity contribution in [3.05, 3.63) is 29.6 Å².